The van der Waals surface area contributed by atoms with Crippen molar-refractivity contribution in [1.29, 1.82) is 0 Å². The molecule has 0 unspecified atom stereocenters. The first-order valence-corrected chi connectivity index (χ1v) is 10.7. The Morgan fingerprint density at radius 2 is 1.80 bits per heavy atom. The zero-order chi connectivity index (χ0) is 21.7. The van der Waals surface area contributed by atoms with Crippen molar-refractivity contribution < 1.29 is 27.1 Å². The van der Waals surface area contributed by atoms with E-state index < -0.39 is 9.84 Å². The number of methoxy groups -OCH3 is 2. The van der Waals surface area contributed by atoms with Gasteiger partial charge in [0.1, 0.15) is 11.5 Å². The summed E-state index contributed by atoms with van der Waals surface area (Å²) in [5.41, 5.74) is 1.18. The molecule has 0 atom stereocenters. The predicted molar refractivity (Wildman–Crippen MR) is 109 cm³/mol. The molecule has 0 fully saturated rings. The molecule has 1 N–H and O–H groups in total. The zero-order valence-corrected chi connectivity index (χ0v) is 17.5. The van der Waals surface area contributed by atoms with Gasteiger partial charge >= 0.3 is 6.01 Å². The van der Waals surface area contributed by atoms with Crippen LogP contribution in [0.25, 0.3) is 11.5 Å². The summed E-state index contributed by atoms with van der Waals surface area (Å²) in [4.78, 5) is 12.5. The summed E-state index contributed by atoms with van der Waals surface area (Å²) < 4.78 is 39.7. The molecule has 0 saturated carbocycles. The number of anilines is 1. The van der Waals surface area contributed by atoms with Crippen molar-refractivity contribution in [1.82, 2.24) is 10.2 Å². The number of hydrogen-bond acceptors (Lipinski definition) is 8. The van der Waals surface area contributed by atoms with Crippen LogP contribution in [0.1, 0.15) is 12.5 Å². The highest BCUT2D eigenvalue weighted by molar-refractivity contribution is 7.91. The van der Waals surface area contributed by atoms with Crippen molar-refractivity contribution >= 4 is 21.8 Å². The third-order valence-electron chi connectivity index (χ3n) is 4.34. The molecule has 2 aromatic carbocycles. The van der Waals surface area contributed by atoms with Crippen LogP contribution in [0, 0.1) is 0 Å². The summed E-state index contributed by atoms with van der Waals surface area (Å²) in [6.07, 6.45) is 0.0205. The predicted octanol–water partition coefficient (Wildman–Crippen LogP) is 2.73. The Hall–Kier alpha value is -3.40. The van der Waals surface area contributed by atoms with Gasteiger partial charge < -0.3 is 13.9 Å². The maximum absolute atomic E-state index is 12.3. The van der Waals surface area contributed by atoms with Crippen molar-refractivity contribution in [3.05, 3.63) is 48.0 Å². The molecule has 0 saturated heterocycles. The molecular weight excluding hydrogens is 410 g/mol. The second kappa shape index (κ2) is 8.95. The number of nitrogens with one attached hydrogen (secondary N) is 1. The number of amides is 1. The molecule has 1 amide bonds. The Morgan fingerprint density at radius 1 is 1.07 bits per heavy atom. The van der Waals surface area contributed by atoms with Crippen LogP contribution in [0.4, 0.5) is 6.01 Å². The van der Waals surface area contributed by atoms with Gasteiger partial charge in [-0.25, -0.2) is 8.42 Å². The van der Waals surface area contributed by atoms with Gasteiger partial charge in [-0.1, -0.05) is 24.2 Å². The molecule has 0 aliphatic rings. The lowest BCUT2D eigenvalue weighted by Gasteiger charge is -2.07. The molecular formula is C20H21N3O6S. The molecule has 0 aliphatic carbocycles. The van der Waals surface area contributed by atoms with Gasteiger partial charge in [-0.05, 0) is 35.9 Å². The minimum absolute atomic E-state index is 0.0183. The molecule has 1 aromatic heterocycles. The van der Waals surface area contributed by atoms with E-state index in [1.165, 1.54) is 26.4 Å². The summed E-state index contributed by atoms with van der Waals surface area (Å²) in [6, 6.07) is 11.2. The smallest absolute Gasteiger partial charge is 0.322 e. The number of carbonyl (C=O) groups is 1. The fraction of sp³-hybridized carbons (Fsp3) is 0.250. The number of rotatable bonds is 8. The third kappa shape index (κ3) is 4.77. The number of benzene rings is 2. The topological polar surface area (TPSA) is 121 Å². The highest BCUT2D eigenvalue weighted by Gasteiger charge is 2.17. The van der Waals surface area contributed by atoms with Gasteiger partial charge in [-0.2, -0.15) is 0 Å². The lowest BCUT2D eigenvalue weighted by molar-refractivity contribution is -0.115. The largest absolute Gasteiger partial charge is 0.497 e. The van der Waals surface area contributed by atoms with Gasteiger partial charge in [0, 0.05) is 0 Å². The second-order valence-corrected chi connectivity index (χ2v) is 8.53. The molecule has 30 heavy (non-hydrogen) atoms. The SMILES string of the molecule is CCS(=O)(=O)c1ccc(CC(=O)Nc2nnc(-c3cc(OC)ccc3OC)o2)cc1. The van der Waals surface area contributed by atoms with Crippen molar-refractivity contribution in [2.75, 3.05) is 25.3 Å². The van der Waals surface area contributed by atoms with Crippen LogP contribution in [-0.2, 0) is 21.1 Å². The van der Waals surface area contributed by atoms with E-state index in [1.807, 2.05) is 0 Å². The Balaban J connectivity index is 1.70. The monoisotopic (exact) mass is 431 g/mol. The normalized spacial score (nSPS) is 11.2. The standard InChI is InChI=1S/C20H21N3O6S/c1-4-30(25,26)15-8-5-13(6-9-15)11-18(24)21-20-23-22-19(29-20)16-12-14(27-2)7-10-17(16)28-3/h5-10,12H,4,11H2,1-3H3,(H,21,23,24). The molecule has 0 radical (unpaired) electrons. The first-order chi connectivity index (χ1) is 14.4. The minimum Gasteiger partial charge on any atom is -0.497 e. The van der Waals surface area contributed by atoms with E-state index in [4.69, 9.17) is 13.9 Å². The zero-order valence-electron chi connectivity index (χ0n) is 16.7. The minimum atomic E-state index is -3.28. The molecule has 0 aliphatic heterocycles. The van der Waals surface area contributed by atoms with Crippen molar-refractivity contribution in [2.45, 2.75) is 18.2 Å². The molecule has 9 nitrogen and oxygen atoms in total. The van der Waals surface area contributed by atoms with E-state index in [0.717, 1.165) is 0 Å². The van der Waals surface area contributed by atoms with Crippen LogP contribution in [0.5, 0.6) is 11.5 Å². The lowest BCUT2D eigenvalue weighted by atomic mass is 10.1. The number of sulfone groups is 1. The van der Waals surface area contributed by atoms with Crippen molar-refractivity contribution in [3.63, 3.8) is 0 Å². The quantitative estimate of drug-likeness (QED) is 0.578. The Kier molecular flexibility index (Phi) is 6.36. The van der Waals surface area contributed by atoms with Crippen LogP contribution < -0.4 is 14.8 Å². The van der Waals surface area contributed by atoms with E-state index in [2.05, 4.69) is 15.5 Å². The number of nitrogens with zero attached hydrogens (tertiary/aromatic N) is 2. The highest BCUT2D eigenvalue weighted by atomic mass is 32.2. The van der Waals surface area contributed by atoms with Crippen LogP contribution >= 0.6 is 0 Å². The number of hydrogen-bond donors (Lipinski definition) is 1. The highest BCUT2D eigenvalue weighted by Crippen LogP contribution is 2.33. The first kappa shape index (κ1) is 21.3. The van der Waals surface area contributed by atoms with Crippen LogP contribution in [0.15, 0.2) is 51.8 Å². The van der Waals surface area contributed by atoms with Crippen LogP contribution in [0.3, 0.4) is 0 Å². The summed E-state index contributed by atoms with van der Waals surface area (Å²) >= 11 is 0. The molecule has 10 heteroatoms. The maximum atomic E-state index is 12.3. The summed E-state index contributed by atoms with van der Waals surface area (Å²) in [6.45, 7) is 1.58. The summed E-state index contributed by atoms with van der Waals surface area (Å²) in [5, 5.41) is 10.3. The van der Waals surface area contributed by atoms with Crippen molar-refractivity contribution in [2.24, 2.45) is 0 Å². The van der Waals surface area contributed by atoms with E-state index in [1.54, 1.807) is 37.3 Å². The Bertz CT molecular complexity index is 1140. The average molecular weight is 431 g/mol. The number of carbonyl (C=O) groups excluding carboxylic acids is 1. The first-order valence-electron chi connectivity index (χ1n) is 9.03. The van der Waals surface area contributed by atoms with E-state index in [-0.39, 0.29) is 34.9 Å². The van der Waals surface area contributed by atoms with E-state index in [9.17, 15) is 13.2 Å². The second-order valence-electron chi connectivity index (χ2n) is 6.25. The Morgan fingerprint density at radius 3 is 2.43 bits per heavy atom. The van der Waals surface area contributed by atoms with Gasteiger partial charge in [-0.15, -0.1) is 5.10 Å². The summed E-state index contributed by atoms with van der Waals surface area (Å²) in [7, 11) is -0.227. The van der Waals surface area contributed by atoms with Gasteiger partial charge in [0.2, 0.25) is 5.91 Å². The molecule has 158 valence electrons. The fourth-order valence-corrected chi connectivity index (χ4v) is 3.58. The molecule has 0 spiro atoms. The molecule has 3 aromatic rings. The molecule has 3 rings (SSSR count). The van der Waals surface area contributed by atoms with E-state index >= 15 is 0 Å². The van der Waals surface area contributed by atoms with Gasteiger partial charge in [0.25, 0.3) is 5.89 Å². The molecule has 1 heterocycles. The van der Waals surface area contributed by atoms with Gasteiger partial charge in [0.15, 0.2) is 9.84 Å². The van der Waals surface area contributed by atoms with Gasteiger partial charge in [-0.3, -0.25) is 10.1 Å². The van der Waals surface area contributed by atoms with E-state index in [0.29, 0.717) is 22.6 Å². The Labute approximate surface area is 174 Å². The third-order valence-corrected chi connectivity index (χ3v) is 6.09. The fourth-order valence-electron chi connectivity index (χ4n) is 2.69. The van der Waals surface area contributed by atoms with Crippen LogP contribution in [-0.4, -0.2) is 44.5 Å². The van der Waals surface area contributed by atoms with Gasteiger partial charge in [0.05, 0.1) is 36.9 Å². The van der Waals surface area contributed by atoms with Crippen molar-refractivity contribution in [3.8, 4) is 23.0 Å². The number of ether oxygens (including phenoxy) is 2. The molecule has 0 bridgehead atoms. The average Bonchev–Trinajstić information content (AvgIpc) is 3.21. The lowest BCUT2D eigenvalue weighted by Crippen LogP contribution is -2.14. The van der Waals surface area contributed by atoms with Crippen LogP contribution in [0.2, 0.25) is 0 Å². The maximum Gasteiger partial charge on any atom is 0.322 e. The number of aromatic nitrogens is 2. The summed E-state index contributed by atoms with van der Waals surface area (Å²) in [5.74, 6) is 0.899.